The van der Waals surface area contributed by atoms with Crippen molar-refractivity contribution in [2.24, 2.45) is 0 Å². The van der Waals surface area contributed by atoms with Crippen LogP contribution in [-0.4, -0.2) is 14.9 Å². The molecule has 0 fully saturated rings. The molecule has 82 valence electrons. The Morgan fingerprint density at radius 1 is 1.31 bits per heavy atom. The van der Waals surface area contributed by atoms with Gasteiger partial charge in [-0.1, -0.05) is 11.6 Å². The maximum absolute atomic E-state index is 12.7. The van der Waals surface area contributed by atoms with Gasteiger partial charge in [0.15, 0.2) is 10.8 Å². The number of hydrogen-bond acceptors (Lipinski definition) is 3. The van der Waals surface area contributed by atoms with Crippen molar-refractivity contribution in [2.75, 3.05) is 0 Å². The van der Waals surface area contributed by atoms with Crippen LogP contribution in [0.3, 0.4) is 0 Å². The zero-order valence-corrected chi connectivity index (χ0v) is 8.65. The molecule has 1 aromatic heterocycles. The lowest BCUT2D eigenvalue weighted by Gasteiger charge is -2.04. The molecule has 0 atom stereocenters. The summed E-state index contributed by atoms with van der Waals surface area (Å²) in [5, 5.41) is 12.5. The predicted octanol–water partition coefficient (Wildman–Crippen LogP) is 1.73. The van der Waals surface area contributed by atoms with E-state index >= 15 is 0 Å². The van der Waals surface area contributed by atoms with Gasteiger partial charge < -0.3 is 5.11 Å². The second-order valence-corrected chi connectivity index (χ2v) is 3.42. The average Bonchev–Trinajstić information content (AvgIpc) is 2.28. The fraction of sp³-hybridized carbons (Fsp3) is 0. The Balaban J connectivity index is 2.61. The molecule has 0 unspecified atom stereocenters. The normalized spacial score (nSPS) is 10.4. The molecule has 4 nitrogen and oxygen atoms in total. The number of nitrogens with zero attached hydrogens (tertiary/aromatic N) is 2. The molecular formula is C10H6ClFN2O2. The van der Waals surface area contributed by atoms with E-state index in [1.165, 1.54) is 24.3 Å². The Kier molecular flexibility index (Phi) is 2.62. The van der Waals surface area contributed by atoms with E-state index in [0.717, 1.165) is 10.9 Å². The van der Waals surface area contributed by atoms with E-state index in [0.29, 0.717) is 5.69 Å². The van der Waals surface area contributed by atoms with Gasteiger partial charge in [-0.25, -0.2) is 4.39 Å². The smallest absolute Gasteiger partial charge is 0.294 e. The van der Waals surface area contributed by atoms with E-state index in [2.05, 4.69) is 5.10 Å². The highest BCUT2D eigenvalue weighted by Crippen LogP contribution is 2.16. The Morgan fingerprint density at radius 2 is 1.94 bits per heavy atom. The molecule has 16 heavy (non-hydrogen) atoms. The zero-order valence-electron chi connectivity index (χ0n) is 7.89. The van der Waals surface area contributed by atoms with Crippen LogP contribution in [0.1, 0.15) is 0 Å². The molecule has 0 aliphatic rings. The first-order valence-corrected chi connectivity index (χ1v) is 4.70. The highest BCUT2D eigenvalue weighted by molar-refractivity contribution is 6.31. The summed E-state index contributed by atoms with van der Waals surface area (Å²) < 4.78 is 13.6. The van der Waals surface area contributed by atoms with Crippen molar-refractivity contribution in [2.45, 2.75) is 0 Å². The van der Waals surface area contributed by atoms with Crippen LogP contribution in [0, 0.1) is 5.82 Å². The minimum atomic E-state index is -0.659. The molecule has 6 heteroatoms. The van der Waals surface area contributed by atoms with Crippen LogP contribution >= 0.6 is 11.6 Å². The summed E-state index contributed by atoms with van der Waals surface area (Å²) in [6, 6.07) is 5.17. The molecule has 0 amide bonds. The molecule has 1 heterocycles. The van der Waals surface area contributed by atoms with Crippen LogP contribution in [0.25, 0.3) is 5.69 Å². The fourth-order valence-corrected chi connectivity index (χ4v) is 1.32. The van der Waals surface area contributed by atoms with Crippen LogP contribution in [0.4, 0.5) is 4.39 Å². The maximum Gasteiger partial charge on any atom is 0.294 e. The first-order chi connectivity index (χ1) is 7.59. The van der Waals surface area contributed by atoms with Crippen molar-refractivity contribution >= 4 is 11.6 Å². The molecule has 2 rings (SSSR count). The quantitative estimate of drug-likeness (QED) is 0.826. The molecule has 1 N–H and O–H groups in total. The molecule has 0 aliphatic heterocycles. The second-order valence-electron chi connectivity index (χ2n) is 3.04. The van der Waals surface area contributed by atoms with Crippen molar-refractivity contribution < 1.29 is 9.50 Å². The predicted molar refractivity (Wildman–Crippen MR) is 56.5 cm³/mol. The largest absolute Gasteiger partial charge is 0.505 e. The average molecular weight is 241 g/mol. The van der Waals surface area contributed by atoms with Crippen LogP contribution in [0.2, 0.25) is 5.02 Å². The van der Waals surface area contributed by atoms with Gasteiger partial charge >= 0.3 is 0 Å². The Bertz CT molecular complexity index is 580. The highest BCUT2D eigenvalue weighted by atomic mass is 35.5. The van der Waals surface area contributed by atoms with Gasteiger partial charge in [0, 0.05) is 0 Å². The van der Waals surface area contributed by atoms with E-state index in [-0.39, 0.29) is 10.8 Å². The number of rotatable bonds is 1. The van der Waals surface area contributed by atoms with Gasteiger partial charge in [0.05, 0.1) is 11.9 Å². The van der Waals surface area contributed by atoms with Gasteiger partial charge in [-0.3, -0.25) is 4.79 Å². The fourth-order valence-electron chi connectivity index (χ4n) is 1.19. The number of hydrogen-bond donors (Lipinski definition) is 1. The third-order valence-electron chi connectivity index (χ3n) is 1.97. The van der Waals surface area contributed by atoms with Gasteiger partial charge in [0.25, 0.3) is 5.56 Å². The van der Waals surface area contributed by atoms with Crippen molar-refractivity contribution in [3.8, 4) is 11.4 Å². The summed E-state index contributed by atoms with van der Waals surface area (Å²) >= 11 is 5.57. The summed E-state index contributed by atoms with van der Waals surface area (Å²) in [4.78, 5) is 11.6. The molecule has 0 aliphatic carbocycles. The van der Waals surface area contributed by atoms with E-state index < -0.39 is 11.4 Å². The van der Waals surface area contributed by atoms with Crippen molar-refractivity contribution in [1.82, 2.24) is 9.78 Å². The summed E-state index contributed by atoms with van der Waals surface area (Å²) in [5.41, 5.74) is -0.290. The van der Waals surface area contributed by atoms with Crippen LogP contribution in [0.15, 0.2) is 35.3 Å². The van der Waals surface area contributed by atoms with E-state index in [4.69, 9.17) is 16.7 Å². The summed E-state index contributed by atoms with van der Waals surface area (Å²) in [6.45, 7) is 0. The van der Waals surface area contributed by atoms with Crippen molar-refractivity contribution in [1.29, 1.82) is 0 Å². The highest BCUT2D eigenvalue weighted by Gasteiger charge is 2.09. The Morgan fingerprint density at radius 3 is 2.56 bits per heavy atom. The molecule has 0 saturated heterocycles. The van der Waals surface area contributed by atoms with Gasteiger partial charge in [0.1, 0.15) is 5.82 Å². The van der Waals surface area contributed by atoms with E-state index in [1.54, 1.807) is 0 Å². The third-order valence-corrected chi connectivity index (χ3v) is 2.33. The van der Waals surface area contributed by atoms with Gasteiger partial charge in [-0.2, -0.15) is 9.78 Å². The standard InChI is InChI=1S/C10H6ClFN2O2/c11-9-8(15)5-13-14(10(9)16)7-3-1-6(12)2-4-7/h1-5,15H. The lowest BCUT2D eigenvalue weighted by molar-refractivity contribution is 0.467. The topological polar surface area (TPSA) is 55.1 Å². The molecule has 0 saturated carbocycles. The van der Waals surface area contributed by atoms with Crippen LogP contribution < -0.4 is 5.56 Å². The zero-order chi connectivity index (χ0) is 11.7. The van der Waals surface area contributed by atoms with Crippen molar-refractivity contribution in [3.05, 3.63) is 51.7 Å². The van der Waals surface area contributed by atoms with E-state index in [1.807, 2.05) is 0 Å². The van der Waals surface area contributed by atoms with Gasteiger partial charge in [-0.05, 0) is 24.3 Å². The lowest BCUT2D eigenvalue weighted by Crippen LogP contribution is -2.20. The Labute approximate surface area is 94.5 Å². The lowest BCUT2D eigenvalue weighted by atomic mass is 10.3. The Hall–Kier alpha value is -1.88. The number of benzene rings is 1. The number of halogens is 2. The molecule has 0 spiro atoms. The van der Waals surface area contributed by atoms with Crippen LogP contribution in [0.5, 0.6) is 5.75 Å². The second kappa shape index (κ2) is 3.94. The minimum Gasteiger partial charge on any atom is -0.505 e. The van der Waals surface area contributed by atoms with Crippen molar-refractivity contribution in [3.63, 3.8) is 0 Å². The molecule has 2 aromatic rings. The molecule has 0 bridgehead atoms. The van der Waals surface area contributed by atoms with E-state index in [9.17, 15) is 9.18 Å². The monoisotopic (exact) mass is 240 g/mol. The summed E-state index contributed by atoms with van der Waals surface area (Å²) in [5.74, 6) is -0.799. The summed E-state index contributed by atoms with van der Waals surface area (Å²) in [7, 11) is 0. The number of aromatic hydroxyl groups is 1. The molecule has 1 aromatic carbocycles. The third kappa shape index (κ3) is 1.77. The van der Waals surface area contributed by atoms with Gasteiger partial charge in [0.2, 0.25) is 0 Å². The molecular weight excluding hydrogens is 235 g/mol. The maximum atomic E-state index is 12.7. The SMILES string of the molecule is O=c1c(Cl)c(O)cnn1-c1ccc(F)cc1. The van der Waals surface area contributed by atoms with Gasteiger partial charge in [-0.15, -0.1) is 0 Å². The number of aromatic nitrogens is 2. The first-order valence-electron chi connectivity index (χ1n) is 4.32. The first kappa shape index (κ1) is 10.6. The molecule has 0 radical (unpaired) electrons. The summed E-state index contributed by atoms with van der Waals surface area (Å²) in [6.07, 6.45) is 1.05. The minimum absolute atomic E-state index is 0.320. The van der Waals surface area contributed by atoms with Crippen LogP contribution in [-0.2, 0) is 0 Å².